The van der Waals surface area contributed by atoms with Gasteiger partial charge in [0.15, 0.2) is 5.69 Å². The highest BCUT2D eigenvalue weighted by Crippen LogP contribution is 2.35. The van der Waals surface area contributed by atoms with Gasteiger partial charge in [0.05, 0.1) is 4.47 Å². The lowest BCUT2D eigenvalue weighted by Crippen LogP contribution is -2.16. The van der Waals surface area contributed by atoms with Crippen LogP contribution in [0, 0.1) is 0 Å². The van der Waals surface area contributed by atoms with E-state index in [0.29, 0.717) is 5.69 Å². The number of benzene rings is 1. The Bertz CT molecular complexity index is 693. The van der Waals surface area contributed by atoms with Crippen molar-refractivity contribution in [2.75, 3.05) is 5.32 Å². The molecule has 22 heavy (non-hydrogen) atoms. The van der Waals surface area contributed by atoms with Crippen LogP contribution in [0.5, 0.6) is 0 Å². The molecule has 0 bridgehead atoms. The molecule has 0 radical (unpaired) electrons. The van der Waals surface area contributed by atoms with E-state index < -0.39 is 17.8 Å². The lowest BCUT2D eigenvalue weighted by atomic mass is 10.1. The summed E-state index contributed by atoms with van der Waals surface area (Å²) in [6.07, 6.45) is -3.77. The summed E-state index contributed by atoms with van der Waals surface area (Å²) < 4.78 is 38.9. The zero-order valence-electron chi connectivity index (χ0n) is 11.8. The number of nitrogens with zero attached hydrogens (tertiary/aromatic N) is 2. The first-order chi connectivity index (χ1) is 10.2. The summed E-state index contributed by atoms with van der Waals surface area (Å²) in [4.78, 5) is 12.2. The number of aryl methyl sites for hydroxylation is 2. The second kappa shape index (κ2) is 6.12. The zero-order chi connectivity index (χ0) is 16.5. The molecule has 1 aromatic heterocycles. The van der Waals surface area contributed by atoms with E-state index in [2.05, 4.69) is 26.3 Å². The molecule has 2 rings (SSSR count). The molecule has 118 valence electrons. The molecule has 0 aliphatic heterocycles. The Morgan fingerprint density at radius 2 is 1.91 bits per heavy atom. The van der Waals surface area contributed by atoms with Gasteiger partial charge in [0.25, 0.3) is 5.91 Å². The van der Waals surface area contributed by atoms with Crippen molar-refractivity contribution in [2.45, 2.75) is 19.5 Å². The summed E-state index contributed by atoms with van der Waals surface area (Å²) in [5.74, 6) is -0.665. The fourth-order valence-electron chi connectivity index (χ4n) is 1.94. The van der Waals surface area contributed by atoms with E-state index in [-0.39, 0.29) is 10.2 Å². The van der Waals surface area contributed by atoms with Crippen LogP contribution >= 0.6 is 15.9 Å². The van der Waals surface area contributed by atoms with E-state index in [4.69, 9.17) is 0 Å². The van der Waals surface area contributed by atoms with Crippen molar-refractivity contribution in [1.29, 1.82) is 0 Å². The summed E-state index contributed by atoms with van der Waals surface area (Å²) in [5.41, 5.74) is 0.288. The number of alkyl halides is 3. The largest absolute Gasteiger partial charge is 0.436 e. The number of hydrogen-bond donors (Lipinski definition) is 1. The number of carbonyl (C=O) groups excluding carboxylic acids is 1. The zero-order valence-corrected chi connectivity index (χ0v) is 13.4. The molecule has 1 N–H and O–H groups in total. The van der Waals surface area contributed by atoms with E-state index in [1.54, 1.807) is 12.1 Å². The normalized spacial score (nSPS) is 11.5. The minimum Gasteiger partial charge on any atom is -0.321 e. The Kier molecular flexibility index (Phi) is 4.60. The predicted octanol–water partition coefficient (Wildman–Crippen LogP) is 4.02. The van der Waals surface area contributed by atoms with Gasteiger partial charge in [0, 0.05) is 12.7 Å². The van der Waals surface area contributed by atoms with Crippen molar-refractivity contribution in [2.24, 2.45) is 7.05 Å². The molecule has 0 spiro atoms. The Hall–Kier alpha value is -1.83. The molecule has 2 aromatic rings. The highest BCUT2D eigenvalue weighted by molar-refractivity contribution is 9.10. The van der Waals surface area contributed by atoms with Gasteiger partial charge in [-0.15, -0.1) is 0 Å². The van der Waals surface area contributed by atoms with Gasteiger partial charge in [-0.25, -0.2) is 0 Å². The molecule has 0 atom stereocenters. The first-order valence-corrected chi connectivity index (χ1v) is 7.23. The average molecular weight is 376 g/mol. The lowest BCUT2D eigenvalue weighted by molar-refractivity contribution is -0.142. The minimum absolute atomic E-state index is 0.188. The molecule has 0 aliphatic rings. The Morgan fingerprint density at radius 1 is 1.32 bits per heavy atom. The monoisotopic (exact) mass is 375 g/mol. The van der Waals surface area contributed by atoms with Gasteiger partial charge < -0.3 is 5.32 Å². The second-order valence-electron chi connectivity index (χ2n) is 4.64. The highest BCUT2D eigenvalue weighted by Gasteiger charge is 2.39. The third-order valence-corrected chi connectivity index (χ3v) is 3.84. The topological polar surface area (TPSA) is 46.9 Å². The number of aromatic nitrogens is 2. The maximum atomic E-state index is 12.8. The van der Waals surface area contributed by atoms with Gasteiger partial charge in [0.1, 0.15) is 5.69 Å². The van der Waals surface area contributed by atoms with Gasteiger partial charge in [-0.2, -0.15) is 18.3 Å². The van der Waals surface area contributed by atoms with Crippen LogP contribution in [-0.2, 0) is 19.6 Å². The van der Waals surface area contributed by atoms with Crippen LogP contribution in [0.2, 0.25) is 0 Å². The van der Waals surface area contributed by atoms with Crippen molar-refractivity contribution in [1.82, 2.24) is 9.78 Å². The molecule has 8 heteroatoms. The van der Waals surface area contributed by atoms with Crippen LogP contribution in [0.1, 0.15) is 28.7 Å². The predicted molar refractivity (Wildman–Crippen MR) is 79.7 cm³/mol. The summed E-state index contributed by atoms with van der Waals surface area (Å²) in [6, 6.07) is 7.08. The summed E-state index contributed by atoms with van der Waals surface area (Å²) >= 11 is 2.81. The summed E-state index contributed by atoms with van der Waals surface area (Å²) in [7, 11) is 1.29. The minimum atomic E-state index is -4.63. The van der Waals surface area contributed by atoms with Crippen LogP contribution in [0.25, 0.3) is 0 Å². The van der Waals surface area contributed by atoms with Crippen molar-refractivity contribution in [3.05, 3.63) is 45.7 Å². The molecule has 0 saturated heterocycles. The highest BCUT2D eigenvalue weighted by atomic mass is 79.9. The molecule has 0 saturated carbocycles. The van der Waals surface area contributed by atoms with Gasteiger partial charge in [0.2, 0.25) is 0 Å². The first kappa shape index (κ1) is 16.5. The number of carbonyl (C=O) groups is 1. The van der Waals surface area contributed by atoms with Gasteiger partial charge in [-0.05, 0) is 40.0 Å². The van der Waals surface area contributed by atoms with Crippen molar-refractivity contribution in [3.8, 4) is 0 Å². The Morgan fingerprint density at radius 3 is 2.36 bits per heavy atom. The smallest absolute Gasteiger partial charge is 0.321 e. The van der Waals surface area contributed by atoms with Crippen molar-refractivity contribution >= 4 is 27.5 Å². The number of anilines is 1. The molecule has 0 aliphatic carbocycles. The number of amides is 1. The molecule has 1 amide bonds. The number of nitrogens with one attached hydrogen (secondary N) is 1. The van der Waals surface area contributed by atoms with Crippen LogP contribution in [0.4, 0.5) is 18.9 Å². The molecule has 4 nitrogen and oxygen atoms in total. The van der Waals surface area contributed by atoms with E-state index in [1.165, 1.54) is 7.05 Å². The average Bonchev–Trinajstić information content (AvgIpc) is 2.75. The van der Waals surface area contributed by atoms with Crippen LogP contribution in [0.15, 0.2) is 28.7 Å². The van der Waals surface area contributed by atoms with Crippen LogP contribution < -0.4 is 5.32 Å². The number of hydrogen-bond acceptors (Lipinski definition) is 2. The van der Waals surface area contributed by atoms with E-state index >= 15 is 0 Å². The Labute approximate surface area is 133 Å². The first-order valence-electron chi connectivity index (χ1n) is 6.44. The number of rotatable bonds is 3. The van der Waals surface area contributed by atoms with E-state index in [9.17, 15) is 18.0 Å². The van der Waals surface area contributed by atoms with E-state index in [0.717, 1.165) is 16.7 Å². The third kappa shape index (κ3) is 3.32. The standard InChI is InChI=1S/C14H13BrF3N3O/c1-3-8-4-6-9(7-5-8)19-13(22)11-10(15)12(14(16,17)18)20-21(11)2/h4-7H,3H2,1-2H3,(H,19,22). The maximum Gasteiger partial charge on any atom is 0.436 e. The molecule has 1 heterocycles. The quantitative estimate of drug-likeness (QED) is 0.880. The van der Waals surface area contributed by atoms with Gasteiger partial charge >= 0.3 is 6.18 Å². The van der Waals surface area contributed by atoms with Gasteiger partial charge in [-0.3, -0.25) is 9.48 Å². The van der Waals surface area contributed by atoms with E-state index in [1.807, 2.05) is 19.1 Å². The molecule has 0 fully saturated rings. The molecule has 0 unspecified atom stereocenters. The third-order valence-electron chi connectivity index (χ3n) is 3.09. The van der Waals surface area contributed by atoms with Crippen LogP contribution in [0.3, 0.4) is 0 Å². The fraction of sp³-hybridized carbons (Fsp3) is 0.286. The second-order valence-corrected chi connectivity index (χ2v) is 5.43. The number of halogens is 4. The molecular weight excluding hydrogens is 363 g/mol. The Balaban J connectivity index is 2.28. The summed E-state index contributed by atoms with van der Waals surface area (Å²) in [5, 5.41) is 5.91. The summed E-state index contributed by atoms with van der Waals surface area (Å²) in [6.45, 7) is 2.00. The lowest BCUT2D eigenvalue weighted by Gasteiger charge is -2.07. The molecule has 1 aromatic carbocycles. The maximum absolute atomic E-state index is 12.8. The fourth-order valence-corrected chi connectivity index (χ4v) is 2.68. The van der Waals surface area contributed by atoms with Gasteiger partial charge in [-0.1, -0.05) is 19.1 Å². The molecular formula is C14H13BrF3N3O. The van der Waals surface area contributed by atoms with Crippen LogP contribution in [-0.4, -0.2) is 15.7 Å². The SMILES string of the molecule is CCc1ccc(NC(=O)c2c(Br)c(C(F)(F)F)nn2C)cc1. The van der Waals surface area contributed by atoms with Crippen molar-refractivity contribution < 1.29 is 18.0 Å². The van der Waals surface area contributed by atoms with Crippen molar-refractivity contribution in [3.63, 3.8) is 0 Å².